The quantitative estimate of drug-likeness (QED) is 0.794. The van der Waals surface area contributed by atoms with Gasteiger partial charge in [-0.3, -0.25) is 4.99 Å². The summed E-state index contributed by atoms with van der Waals surface area (Å²) in [6.07, 6.45) is 4.76. The van der Waals surface area contributed by atoms with Gasteiger partial charge in [0.25, 0.3) is 0 Å². The van der Waals surface area contributed by atoms with Crippen molar-refractivity contribution in [1.82, 2.24) is 0 Å². The Morgan fingerprint density at radius 1 is 1.40 bits per heavy atom. The van der Waals surface area contributed by atoms with E-state index >= 15 is 0 Å². The molecule has 1 N–H and O–H groups in total. The van der Waals surface area contributed by atoms with E-state index in [0.717, 1.165) is 29.7 Å². The highest BCUT2D eigenvalue weighted by Crippen LogP contribution is 2.41. The van der Waals surface area contributed by atoms with Crippen molar-refractivity contribution in [1.29, 1.82) is 0 Å². The molecule has 1 aromatic carbocycles. The molecule has 1 aromatic rings. The lowest BCUT2D eigenvalue weighted by atomic mass is 9.79. The van der Waals surface area contributed by atoms with Crippen LogP contribution >= 0.6 is 23.4 Å². The first kappa shape index (κ1) is 14.2. The van der Waals surface area contributed by atoms with Crippen LogP contribution in [0.4, 0.5) is 10.1 Å². The number of amidine groups is 1. The van der Waals surface area contributed by atoms with E-state index in [9.17, 15) is 4.39 Å². The predicted molar refractivity (Wildman–Crippen MR) is 85.3 cm³/mol. The Morgan fingerprint density at radius 3 is 2.90 bits per heavy atom. The fraction of sp³-hybridized carbons (Fsp3) is 0.533. The van der Waals surface area contributed by atoms with Crippen LogP contribution < -0.4 is 5.32 Å². The summed E-state index contributed by atoms with van der Waals surface area (Å²) in [6.45, 7) is 2.30. The van der Waals surface area contributed by atoms with Crippen LogP contribution in [0.15, 0.2) is 23.2 Å². The van der Waals surface area contributed by atoms with Crippen LogP contribution in [-0.4, -0.2) is 16.5 Å². The molecule has 20 heavy (non-hydrogen) atoms. The molecule has 0 unspecified atom stereocenters. The smallest absolute Gasteiger partial charge is 0.165 e. The molecule has 5 heteroatoms. The summed E-state index contributed by atoms with van der Waals surface area (Å²) in [5, 5.41) is 4.05. The Kier molecular flexibility index (Phi) is 3.95. The van der Waals surface area contributed by atoms with Crippen molar-refractivity contribution in [2.45, 2.75) is 38.1 Å². The normalized spacial score (nSPS) is 29.6. The summed E-state index contributed by atoms with van der Waals surface area (Å²) in [5.74, 6) is 1.41. The number of aliphatic imine (C=N–C) groups is 1. The van der Waals surface area contributed by atoms with Gasteiger partial charge in [-0.25, -0.2) is 4.39 Å². The zero-order chi connectivity index (χ0) is 14.2. The fourth-order valence-corrected chi connectivity index (χ4v) is 4.19. The maximum Gasteiger partial charge on any atom is 0.165 e. The summed E-state index contributed by atoms with van der Waals surface area (Å²) < 4.78 is 13.9. The molecule has 108 valence electrons. The minimum atomic E-state index is -0.407. The van der Waals surface area contributed by atoms with Crippen molar-refractivity contribution in [3.8, 4) is 0 Å². The number of anilines is 1. The van der Waals surface area contributed by atoms with E-state index in [1.807, 2.05) is 0 Å². The van der Waals surface area contributed by atoms with Crippen molar-refractivity contribution in [2.75, 3.05) is 11.1 Å². The number of nitrogens with one attached hydrogen (secondary N) is 1. The van der Waals surface area contributed by atoms with Gasteiger partial charge >= 0.3 is 0 Å². The maximum absolute atomic E-state index is 13.9. The second-order valence-electron chi connectivity index (χ2n) is 5.84. The summed E-state index contributed by atoms with van der Waals surface area (Å²) >= 11 is 7.48. The number of halogens is 2. The maximum atomic E-state index is 13.9. The lowest BCUT2D eigenvalue weighted by molar-refractivity contribution is 0.273. The molecule has 1 saturated carbocycles. The van der Waals surface area contributed by atoms with Gasteiger partial charge < -0.3 is 5.32 Å². The van der Waals surface area contributed by atoms with Crippen LogP contribution in [0.25, 0.3) is 0 Å². The SMILES string of the molecule is CC1CCC2(CC1)CSC(Nc1cccc(Cl)c1F)=N2. The number of benzene rings is 1. The van der Waals surface area contributed by atoms with Gasteiger partial charge in [0.05, 0.1) is 16.2 Å². The highest BCUT2D eigenvalue weighted by Gasteiger charge is 2.38. The molecule has 0 bridgehead atoms. The van der Waals surface area contributed by atoms with E-state index in [1.54, 1.807) is 30.0 Å². The molecule has 2 aliphatic rings. The van der Waals surface area contributed by atoms with Crippen molar-refractivity contribution in [3.63, 3.8) is 0 Å². The van der Waals surface area contributed by atoms with Crippen molar-refractivity contribution >= 4 is 34.2 Å². The first-order valence-electron chi connectivity index (χ1n) is 7.02. The van der Waals surface area contributed by atoms with Crippen molar-refractivity contribution in [2.24, 2.45) is 10.9 Å². The zero-order valence-electron chi connectivity index (χ0n) is 11.5. The second-order valence-corrected chi connectivity index (χ2v) is 7.21. The fourth-order valence-electron chi connectivity index (χ4n) is 2.82. The van der Waals surface area contributed by atoms with E-state index in [-0.39, 0.29) is 10.6 Å². The van der Waals surface area contributed by atoms with E-state index in [4.69, 9.17) is 16.6 Å². The third-order valence-electron chi connectivity index (χ3n) is 4.21. The molecule has 0 amide bonds. The number of rotatable bonds is 1. The number of hydrogen-bond donors (Lipinski definition) is 1. The van der Waals surface area contributed by atoms with Gasteiger partial charge in [0.2, 0.25) is 0 Å². The average molecular weight is 313 g/mol. The number of nitrogens with zero attached hydrogens (tertiary/aromatic N) is 1. The van der Waals surface area contributed by atoms with Crippen LogP contribution in [0, 0.1) is 11.7 Å². The van der Waals surface area contributed by atoms with E-state index < -0.39 is 5.82 Å². The average Bonchev–Trinajstić information content (AvgIpc) is 2.82. The summed E-state index contributed by atoms with van der Waals surface area (Å²) in [5.41, 5.74) is 0.485. The highest BCUT2D eigenvalue weighted by atomic mass is 35.5. The minimum Gasteiger partial charge on any atom is -0.333 e. The molecule has 1 fully saturated rings. The first-order valence-corrected chi connectivity index (χ1v) is 8.38. The van der Waals surface area contributed by atoms with Crippen LogP contribution in [0.2, 0.25) is 5.02 Å². The Balaban J connectivity index is 1.74. The minimum absolute atomic E-state index is 0.0779. The Bertz CT molecular complexity index is 539. The second kappa shape index (κ2) is 5.57. The molecule has 0 saturated heterocycles. The topological polar surface area (TPSA) is 24.4 Å². The largest absolute Gasteiger partial charge is 0.333 e. The summed E-state index contributed by atoms with van der Waals surface area (Å²) in [4.78, 5) is 4.84. The molecule has 0 radical (unpaired) electrons. The molecule has 2 nitrogen and oxygen atoms in total. The van der Waals surface area contributed by atoms with Gasteiger partial charge in [-0.05, 0) is 43.7 Å². The van der Waals surface area contributed by atoms with E-state index in [1.165, 1.54) is 12.8 Å². The van der Waals surface area contributed by atoms with Gasteiger partial charge in [0, 0.05) is 5.75 Å². The standard InChI is InChI=1S/C15H18ClFN2S/c1-10-5-7-15(8-6-10)9-20-14(19-15)18-12-4-2-3-11(16)13(12)17/h2-4,10H,5-9H2,1H3,(H,18,19). The molecule has 3 rings (SSSR count). The van der Waals surface area contributed by atoms with Crippen molar-refractivity contribution in [3.05, 3.63) is 29.0 Å². The summed E-state index contributed by atoms with van der Waals surface area (Å²) in [7, 11) is 0. The van der Waals surface area contributed by atoms with Crippen LogP contribution in [0.1, 0.15) is 32.6 Å². The molecular formula is C15H18ClFN2S. The van der Waals surface area contributed by atoms with E-state index in [2.05, 4.69) is 12.2 Å². The first-order chi connectivity index (χ1) is 9.58. The summed E-state index contributed by atoms with van der Waals surface area (Å²) in [6, 6.07) is 4.99. The number of hydrogen-bond acceptors (Lipinski definition) is 3. The third-order valence-corrected chi connectivity index (χ3v) is 5.65. The monoisotopic (exact) mass is 312 g/mol. The van der Waals surface area contributed by atoms with Gasteiger partial charge in [0.1, 0.15) is 0 Å². The molecule has 1 aliphatic carbocycles. The molecular weight excluding hydrogens is 295 g/mol. The zero-order valence-corrected chi connectivity index (χ0v) is 13.0. The highest BCUT2D eigenvalue weighted by molar-refractivity contribution is 8.14. The van der Waals surface area contributed by atoms with Crippen LogP contribution in [0.3, 0.4) is 0 Å². The predicted octanol–water partition coefficient (Wildman–Crippen LogP) is 4.94. The van der Waals surface area contributed by atoms with Gasteiger partial charge in [0.15, 0.2) is 11.0 Å². The number of thioether (sulfide) groups is 1. The van der Waals surface area contributed by atoms with Crippen LogP contribution in [0.5, 0.6) is 0 Å². The molecule has 0 aromatic heterocycles. The van der Waals surface area contributed by atoms with Gasteiger partial charge in [-0.15, -0.1) is 0 Å². The Morgan fingerprint density at radius 2 is 2.15 bits per heavy atom. The van der Waals surface area contributed by atoms with E-state index in [0.29, 0.717) is 5.69 Å². The molecule has 0 atom stereocenters. The van der Waals surface area contributed by atoms with Crippen molar-refractivity contribution < 1.29 is 4.39 Å². The third kappa shape index (κ3) is 2.82. The molecule has 1 spiro atoms. The van der Waals surface area contributed by atoms with Crippen LogP contribution in [-0.2, 0) is 0 Å². The van der Waals surface area contributed by atoms with Gasteiger partial charge in [-0.2, -0.15) is 0 Å². The van der Waals surface area contributed by atoms with Gasteiger partial charge in [-0.1, -0.05) is 36.4 Å². The lowest BCUT2D eigenvalue weighted by Crippen LogP contribution is -2.32. The molecule has 1 aliphatic heterocycles. The lowest BCUT2D eigenvalue weighted by Gasteiger charge is -2.32. The molecule has 1 heterocycles. The Hall–Kier alpha value is -0.740. The Labute approximate surface area is 128 Å².